The van der Waals surface area contributed by atoms with Crippen molar-refractivity contribution in [3.05, 3.63) is 0 Å². The SMILES string of the molecule is CCCC[C@H](N)C(=O)CC(C)(C)OC=O. The molecule has 0 fully saturated rings. The Bertz CT molecular complexity index is 214. The number of ketones is 1. The number of hydrogen-bond acceptors (Lipinski definition) is 4. The Morgan fingerprint density at radius 2 is 2.13 bits per heavy atom. The molecule has 0 spiro atoms. The molecule has 0 aliphatic heterocycles. The topological polar surface area (TPSA) is 69.4 Å². The van der Waals surface area contributed by atoms with Gasteiger partial charge in [-0.15, -0.1) is 0 Å². The lowest BCUT2D eigenvalue weighted by Gasteiger charge is -2.23. The standard InChI is InChI=1S/C11H21NO3/c1-4-5-6-9(12)10(14)7-11(2,3)15-8-13/h8-9H,4-7,12H2,1-3H3/t9-/m0/s1. The Morgan fingerprint density at radius 1 is 1.53 bits per heavy atom. The number of Topliss-reactive ketones (excluding diaryl/α,β-unsaturated/α-hetero) is 1. The number of carbonyl (C=O) groups is 2. The first-order valence-electron chi connectivity index (χ1n) is 5.32. The van der Waals surface area contributed by atoms with E-state index in [9.17, 15) is 9.59 Å². The Hall–Kier alpha value is -0.900. The minimum atomic E-state index is -0.747. The molecular weight excluding hydrogens is 194 g/mol. The van der Waals surface area contributed by atoms with Crippen molar-refractivity contribution in [1.82, 2.24) is 0 Å². The zero-order chi connectivity index (χ0) is 11.9. The molecule has 4 nitrogen and oxygen atoms in total. The van der Waals surface area contributed by atoms with Gasteiger partial charge in [0.25, 0.3) is 6.47 Å². The molecule has 0 aliphatic rings. The minimum absolute atomic E-state index is 0.0460. The second-order valence-corrected chi connectivity index (χ2v) is 4.37. The summed E-state index contributed by atoms with van der Waals surface area (Å²) in [6.45, 7) is 5.82. The Labute approximate surface area is 91.2 Å². The van der Waals surface area contributed by atoms with Gasteiger partial charge in [0.05, 0.1) is 6.04 Å². The third kappa shape index (κ3) is 6.23. The fourth-order valence-corrected chi connectivity index (χ4v) is 1.31. The van der Waals surface area contributed by atoms with Crippen LogP contribution in [0.5, 0.6) is 0 Å². The van der Waals surface area contributed by atoms with Crippen LogP contribution < -0.4 is 5.73 Å². The molecule has 0 saturated carbocycles. The first kappa shape index (κ1) is 14.1. The van der Waals surface area contributed by atoms with E-state index in [0.717, 1.165) is 12.8 Å². The van der Waals surface area contributed by atoms with Crippen molar-refractivity contribution < 1.29 is 14.3 Å². The van der Waals surface area contributed by atoms with Crippen molar-refractivity contribution in [3.63, 3.8) is 0 Å². The second kappa shape index (κ2) is 6.56. The normalized spacial score (nSPS) is 13.3. The summed E-state index contributed by atoms with van der Waals surface area (Å²) in [6, 6.07) is -0.431. The molecule has 0 saturated heterocycles. The van der Waals surface area contributed by atoms with Gasteiger partial charge in [0, 0.05) is 6.42 Å². The van der Waals surface area contributed by atoms with E-state index < -0.39 is 11.6 Å². The molecule has 0 aromatic carbocycles. The Kier molecular flexibility index (Phi) is 6.17. The van der Waals surface area contributed by atoms with Gasteiger partial charge >= 0.3 is 0 Å². The van der Waals surface area contributed by atoms with Gasteiger partial charge in [0.1, 0.15) is 5.60 Å². The minimum Gasteiger partial charge on any atom is -0.461 e. The molecule has 0 amide bonds. The maximum Gasteiger partial charge on any atom is 0.293 e. The maximum absolute atomic E-state index is 11.6. The summed E-state index contributed by atoms with van der Waals surface area (Å²) in [7, 11) is 0. The summed E-state index contributed by atoms with van der Waals surface area (Å²) < 4.78 is 4.80. The fraction of sp³-hybridized carbons (Fsp3) is 0.818. The van der Waals surface area contributed by atoms with E-state index in [1.807, 2.05) is 0 Å². The van der Waals surface area contributed by atoms with Crippen LogP contribution in [0.3, 0.4) is 0 Å². The van der Waals surface area contributed by atoms with Crippen LogP contribution in [-0.2, 0) is 14.3 Å². The predicted octanol–water partition coefficient (Wildman–Crippen LogP) is 1.41. The van der Waals surface area contributed by atoms with Gasteiger partial charge in [-0.3, -0.25) is 9.59 Å². The first-order chi connectivity index (χ1) is 6.93. The van der Waals surface area contributed by atoms with Gasteiger partial charge in [-0.05, 0) is 20.3 Å². The third-order valence-corrected chi connectivity index (χ3v) is 2.25. The van der Waals surface area contributed by atoms with Crippen LogP contribution >= 0.6 is 0 Å². The molecular formula is C11H21NO3. The Morgan fingerprint density at radius 3 is 2.60 bits per heavy atom. The van der Waals surface area contributed by atoms with Gasteiger partial charge in [-0.25, -0.2) is 0 Å². The monoisotopic (exact) mass is 215 g/mol. The molecule has 0 rings (SSSR count). The lowest BCUT2D eigenvalue weighted by Crippen LogP contribution is -2.37. The summed E-state index contributed by atoms with van der Waals surface area (Å²) >= 11 is 0. The van der Waals surface area contributed by atoms with Crippen LogP contribution in [-0.4, -0.2) is 23.9 Å². The van der Waals surface area contributed by atoms with E-state index in [0.29, 0.717) is 12.9 Å². The van der Waals surface area contributed by atoms with Gasteiger partial charge in [-0.1, -0.05) is 19.8 Å². The first-order valence-corrected chi connectivity index (χ1v) is 5.32. The van der Waals surface area contributed by atoms with E-state index in [1.165, 1.54) is 0 Å². The van der Waals surface area contributed by atoms with Gasteiger partial charge in [0.2, 0.25) is 0 Å². The number of ether oxygens (including phenoxy) is 1. The molecule has 0 radical (unpaired) electrons. The van der Waals surface area contributed by atoms with Crippen LogP contribution in [0, 0.1) is 0 Å². The number of nitrogens with two attached hydrogens (primary N) is 1. The highest BCUT2D eigenvalue weighted by Crippen LogP contribution is 2.15. The molecule has 0 aromatic heterocycles. The van der Waals surface area contributed by atoms with E-state index in [1.54, 1.807) is 13.8 Å². The van der Waals surface area contributed by atoms with Crippen LogP contribution in [0.4, 0.5) is 0 Å². The zero-order valence-electron chi connectivity index (χ0n) is 9.79. The zero-order valence-corrected chi connectivity index (χ0v) is 9.79. The summed E-state index contributed by atoms with van der Waals surface area (Å²) in [5.74, 6) is -0.0460. The van der Waals surface area contributed by atoms with Crippen LogP contribution in [0.1, 0.15) is 46.5 Å². The van der Waals surface area contributed by atoms with Crippen molar-refractivity contribution in [3.8, 4) is 0 Å². The van der Waals surface area contributed by atoms with Gasteiger partial charge in [-0.2, -0.15) is 0 Å². The molecule has 0 heterocycles. The van der Waals surface area contributed by atoms with Gasteiger partial charge < -0.3 is 10.5 Å². The van der Waals surface area contributed by atoms with Crippen molar-refractivity contribution in [2.24, 2.45) is 5.73 Å². The average molecular weight is 215 g/mol. The molecule has 1 atom stereocenters. The third-order valence-electron chi connectivity index (χ3n) is 2.25. The average Bonchev–Trinajstić information content (AvgIpc) is 2.13. The number of unbranched alkanes of at least 4 members (excludes halogenated alkanes) is 1. The molecule has 2 N–H and O–H groups in total. The summed E-state index contributed by atoms with van der Waals surface area (Å²) in [6.07, 6.45) is 2.85. The smallest absolute Gasteiger partial charge is 0.293 e. The molecule has 0 aliphatic carbocycles. The summed E-state index contributed by atoms with van der Waals surface area (Å²) in [4.78, 5) is 21.8. The maximum atomic E-state index is 11.6. The molecule has 0 unspecified atom stereocenters. The van der Waals surface area contributed by atoms with E-state index in [2.05, 4.69) is 6.92 Å². The second-order valence-electron chi connectivity index (χ2n) is 4.37. The number of carbonyl (C=O) groups excluding carboxylic acids is 2. The van der Waals surface area contributed by atoms with Crippen molar-refractivity contribution in [2.45, 2.75) is 58.1 Å². The Balaban J connectivity index is 4.05. The number of rotatable bonds is 8. The largest absolute Gasteiger partial charge is 0.461 e. The molecule has 0 aromatic rings. The molecule has 88 valence electrons. The molecule has 0 bridgehead atoms. The highest BCUT2D eigenvalue weighted by Gasteiger charge is 2.26. The lowest BCUT2D eigenvalue weighted by molar-refractivity contribution is -0.143. The lowest BCUT2D eigenvalue weighted by atomic mass is 9.95. The summed E-state index contributed by atoms with van der Waals surface area (Å²) in [5.41, 5.74) is 4.97. The molecule has 4 heteroatoms. The van der Waals surface area contributed by atoms with E-state index in [-0.39, 0.29) is 12.2 Å². The summed E-state index contributed by atoms with van der Waals surface area (Å²) in [5, 5.41) is 0. The molecule has 15 heavy (non-hydrogen) atoms. The quantitative estimate of drug-likeness (QED) is 0.622. The fourth-order valence-electron chi connectivity index (χ4n) is 1.31. The number of hydrogen-bond donors (Lipinski definition) is 1. The highest BCUT2D eigenvalue weighted by molar-refractivity contribution is 5.84. The van der Waals surface area contributed by atoms with E-state index in [4.69, 9.17) is 10.5 Å². The van der Waals surface area contributed by atoms with Crippen molar-refractivity contribution in [1.29, 1.82) is 0 Å². The van der Waals surface area contributed by atoms with Gasteiger partial charge in [0.15, 0.2) is 5.78 Å². The van der Waals surface area contributed by atoms with Crippen molar-refractivity contribution in [2.75, 3.05) is 0 Å². The van der Waals surface area contributed by atoms with Crippen LogP contribution in [0.25, 0.3) is 0 Å². The van der Waals surface area contributed by atoms with Crippen LogP contribution in [0.2, 0.25) is 0 Å². The van der Waals surface area contributed by atoms with E-state index >= 15 is 0 Å². The highest BCUT2D eigenvalue weighted by atomic mass is 16.5. The van der Waals surface area contributed by atoms with Crippen LogP contribution in [0.15, 0.2) is 0 Å². The predicted molar refractivity (Wildman–Crippen MR) is 58.4 cm³/mol. The van der Waals surface area contributed by atoms with Crippen molar-refractivity contribution >= 4 is 12.3 Å².